The van der Waals surface area contributed by atoms with Crippen molar-refractivity contribution >= 4 is 33.5 Å². The number of hydrogen-bond acceptors (Lipinski definition) is 8. The van der Waals surface area contributed by atoms with Gasteiger partial charge in [0.05, 0.1) is 22.9 Å². The van der Waals surface area contributed by atoms with Crippen molar-refractivity contribution in [1.82, 2.24) is 14.4 Å². The number of pyridine rings is 1. The van der Waals surface area contributed by atoms with Crippen molar-refractivity contribution in [2.45, 2.75) is 32.9 Å². The molecule has 0 spiro atoms. The third-order valence-electron chi connectivity index (χ3n) is 6.63. The lowest BCUT2D eigenvalue weighted by atomic mass is 9.94. The van der Waals surface area contributed by atoms with Gasteiger partial charge in [0.2, 0.25) is 0 Å². The van der Waals surface area contributed by atoms with Crippen LogP contribution < -0.4 is 21.3 Å². The number of nitrogens with one attached hydrogen (secondary N) is 2. The Morgan fingerprint density at radius 3 is 2.61 bits per heavy atom. The average Bonchev–Trinajstić information content (AvgIpc) is 3.33. The number of rotatable bonds is 9. The van der Waals surface area contributed by atoms with Crippen LogP contribution in [0.5, 0.6) is 5.75 Å². The van der Waals surface area contributed by atoms with Crippen LogP contribution in [0.15, 0.2) is 71.1 Å². The van der Waals surface area contributed by atoms with Gasteiger partial charge in [-0.05, 0) is 48.7 Å². The van der Waals surface area contributed by atoms with Crippen LogP contribution in [0.2, 0.25) is 0 Å². The number of nitrogens with zero attached hydrogens (tertiary/aromatic N) is 3. The highest BCUT2D eigenvalue weighted by Gasteiger charge is 2.25. The number of nitrogens with two attached hydrogens (primary N) is 1. The van der Waals surface area contributed by atoms with Crippen molar-refractivity contribution in [3.63, 3.8) is 0 Å². The van der Waals surface area contributed by atoms with Crippen molar-refractivity contribution in [3.05, 3.63) is 105 Å². The Kier molecular flexibility index (Phi) is 7.75. The van der Waals surface area contributed by atoms with E-state index in [1.54, 1.807) is 4.40 Å². The number of hydrogen-bond donors (Lipinski definition) is 3. The van der Waals surface area contributed by atoms with E-state index in [0.29, 0.717) is 12.0 Å². The van der Waals surface area contributed by atoms with E-state index in [4.69, 9.17) is 11.1 Å². The second kappa shape index (κ2) is 11.4. The number of thiazole rings is 1. The molecule has 5 rings (SSSR count). The first kappa shape index (κ1) is 27.8. The van der Waals surface area contributed by atoms with Gasteiger partial charge < -0.3 is 15.8 Å². The van der Waals surface area contributed by atoms with Crippen LogP contribution in [-0.2, 0) is 0 Å². The van der Waals surface area contributed by atoms with Crippen LogP contribution in [0.3, 0.4) is 0 Å². The molecule has 0 saturated heterocycles. The molecule has 210 valence electrons. The summed E-state index contributed by atoms with van der Waals surface area (Å²) in [6.07, 6.45) is 1.77. The molecule has 1 atom stereocenters. The summed E-state index contributed by atoms with van der Waals surface area (Å²) in [4.78, 5) is 22.9. The molecule has 8 nitrogen and oxygen atoms in total. The minimum atomic E-state index is -3.19. The lowest BCUT2D eigenvalue weighted by molar-refractivity contribution is -0.0521. The predicted octanol–water partition coefficient (Wildman–Crippen LogP) is 6.43. The lowest BCUT2D eigenvalue weighted by Gasteiger charge is -2.23. The third-order valence-corrected chi connectivity index (χ3v) is 7.63. The topological polar surface area (TPSA) is 118 Å². The van der Waals surface area contributed by atoms with Crippen molar-refractivity contribution in [2.75, 3.05) is 11.1 Å². The molecular weight excluding hydrogens is 553 g/mol. The molecule has 0 aliphatic carbocycles. The molecule has 12 heteroatoms. The second-order valence-electron chi connectivity index (χ2n) is 9.18. The Hall–Kier alpha value is -4.71. The molecule has 41 heavy (non-hydrogen) atoms. The summed E-state index contributed by atoms with van der Waals surface area (Å²) in [6, 6.07) is 14.1. The first-order chi connectivity index (χ1) is 19.7. The van der Waals surface area contributed by atoms with Crippen LogP contribution in [0.25, 0.3) is 16.0 Å². The fourth-order valence-electron chi connectivity index (χ4n) is 4.71. The summed E-state index contributed by atoms with van der Waals surface area (Å²) in [5, 5.41) is 14.0. The molecule has 0 fully saturated rings. The minimum absolute atomic E-state index is 0.0386. The Morgan fingerprint density at radius 1 is 1.17 bits per heavy atom. The number of alkyl halides is 2. The number of aryl methyl sites for hydroxylation is 1. The van der Waals surface area contributed by atoms with Crippen LogP contribution >= 0.6 is 11.3 Å². The maximum atomic E-state index is 14.5. The monoisotopic (exact) mass is 578 g/mol. The van der Waals surface area contributed by atoms with Crippen LogP contribution in [-0.4, -0.2) is 26.7 Å². The molecule has 2 aromatic carbocycles. The first-order valence-electron chi connectivity index (χ1n) is 12.6. The normalized spacial score (nSPS) is 12.0. The molecule has 3 heterocycles. The third kappa shape index (κ3) is 5.38. The van der Waals surface area contributed by atoms with Gasteiger partial charge in [0, 0.05) is 16.6 Å². The Morgan fingerprint density at radius 2 is 1.93 bits per heavy atom. The summed E-state index contributed by atoms with van der Waals surface area (Å²) in [6.45, 7) is 0.632. The number of halogens is 3. The molecule has 0 saturated carbocycles. The van der Waals surface area contributed by atoms with Crippen LogP contribution in [0.1, 0.15) is 41.8 Å². The molecule has 0 radical (unpaired) electrons. The van der Waals surface area contributed by atoms with Crippen LogP contribution in [0, 0.1) is 18.2 Å². The Labute approximate surface area is 236 Å². The van der Waals surface area contributed by atoms with Gasteiger partial charge in [0.25, 0.3) is 5.56 Å². The van der Waals surface area contributed by atoms with Gasteiger partial charge in [-0.2, -0.15) is 8.78 Å². The summed E-state index contributed by atoms with van der Waals surface area (Å²) in [7, 11) is 0. The van der Waals surface area contributed by atoms with Gasteiger partial charge in [-0.1, -0.05) is 37.3 Å². The molecule has 0 aliphatic heterocycles. The maximum Gasteiger partial charge on any atom is 0.387 e. The molecule has 4 N–H and O–H groups in total. The summed E-state index contributed by atoms with van der Waals surface area (Å²) < 4.78 is 45.5. The number of ether oxygens (including phenoxy) is 1. The average molecular weight is 579 g/mol. The van der Waals surface area contributed by atoms with Gasteiger partial charge in [-0.15, -0.1) is 11.3 Å². The highest BCUT2D eigenvalue weighted by Crippen LogP contribution is 2.34. The SMILES string of the molecule is CC[C@H](Nc1ncnc(N)c1C(=N)c1ccc(OC(F)F)c(F)c1)c1cc2scc(C)n2c(=O)c1-c1ccccc1. The number of nitrogen functional groups attached to an aromatic ring is 1. The van der Waals surface area contributed by atoms with Crippen molar-refractivity contribution in [3.8, 4) is 16.9 Å². The fourth-order valence-corrected chi connectivity index (χ4v) is 5.63. The molecule has 3 aromatic heterocycles. The number of fused-ring (bicyclic) bond motifs is 1. The smallest absolute Gasteiger partial charge is 0.387 e. The molecule has 5 aromatic rings. The molecule has 0 amide bonds. The highest BCUT2D eigenvalue weighted by atomic mass is 32.1. The number of anilines is 2. The van der Waals surface area contributed by atoms with Gasteiger partial charge >= 0.3 is 6.61 Å². The van der Waals surface area contributed by atoms with E-state index in [1.165, 1.54) is 23.7 Å². The zero-order chi connectivity index (χ0) is 29.3. The zero-order valence-corrected chi connectivity index (χ0v) is 22.8. The van der Waals surface area contributed by atoms with E-state index < -0.39 is 24.2 Å². The fraction of sp³-hybridized carbons (Fsp3) is 0.172. The number of aromatic nitrogens is 3. The standard InChI is InChI=1S/C29H25F3N6O2S/c1-3-20(18-12-22-38(15(2)13-41-22)28(39)23(18)16-7-5-4-6-8-16)37-27-24(26(34)35-14-36-27)25(33)17-9-10-21(19(30)11-17)40-29(31)32/h4-14,20,29,33H,3H2,1-2H3,(H3,34,35,36,37)/t20-/m0/s1. The van der Waals surface area contributed by atoms with E-state index in [1.807, 2.05) is 55.6 Å². The van der Waals surface area contributed by atoms with E-state index in [9.17, 15) is 18.0 Å². The van der Waals surface area contributed by atoms with E-state index in [2.05, 4.69) is 20.0 Å². The van der Waals surface area contributed by atoms with E-state index >= 15 is 0 Å². The van der Waals surface area contributed by atoms with Gasteiger partial charge in [-0.25, -0.2) is 14.4 Å². The van der Waals surface area contributed by atoms with Crippen molar-refractivity contribution in [1.29, 1.82) is 5.41 Å². The maximum absolute atomic E-state index is 14.5. The van der Waals surface area contributed by atoms with E-state index in [-0.39, 0.29) is 34.0 Å². The summed E-state index contributed by atoms with van der Waals surface area (Å²) >= 11 is 1.46. The Bertz CT molecular complexity index is 1810. The zero-order valence-electron chi connectivity index (χ0n) is 22.0. The second-order valence-corrected chi connectivity index (χ2v) is 10.1. The van der Waals surface area contributed by atoms with Gasteiger partial charge in [0.1, 0.15) is 22.8 Å². The molecule has 0 aliphatic rings. The van der Waals surface area contributed by atoms with Crippen molar-refractivity contribution < 1.29 is 17.9 Å². The molecule has 0 bridgehead atoms. The largest absolute Gasteiger partial charge is 0.432 e. The van der Waals surface area contributed by atoms with E-state index in [0.717, 1.165) is 33.8 Å². The molecular formula is C29H25F3N6O2S. The number of benzene rings is 2. The first-order valence-corrected chi connectivity index (χ1v) is 13.5. The lowest BCUT2D eigenvalue weighted by Crippen LogP contribution is -2.23. The summed E-state index contributed by atoms with van der Waals surface area (Å²) in [5.74, 6) is -1.54. The Balaban J connectivity index is 1.59. The highest BCUT2D eigenvalue weighted by molar-refractivity contribution is 7.15. The van der Waals surface area contributed by atoms with Crippen LogP contribution in [0.4, 0.5) is 24.8 Å². The van der Waals surface area contributed by atoms with Gasteiger partial charge in [0.15, 0.2) is 11.6 Å². The van der Waals surface area contributed by atoms with Crippen molar-refractivity contribution in [2.24, 2.45) is 0 Å². The predicted molar refractivity (Wildman–Crippen MR) is 154 cm³/mol. The van der Waals surface area contributed by atoms with Gasteiger partial charge in [-0.3, -0.25) is 14.6 Å². The quantitative estimate of drug-likeness (QED) is 0.174. The minimum Gasteiger partial charge on any atom is -0.432 e. The molecule has 0 unspecified atom stereocenters. The summed E-state index contributed by atoms with van der Waals surface area (Å²) in [5.41, 5.74) is 8.79.